The number of hydrogen-bond acceptors (Lipinski definition) is 2. The number of rotatable bonds is 4. The molecule has 0 aliphatic heterocycles. The van der Waals surface area contributed by atoms with Gasteiger partial charge in [-0.15, -0.1) is 0 Å². The predicted octanol–water partition coefficient (Wildman–Crippen LogP) is 4.00. The minimum atomic E-state index is -0.159. The van der Waals surface area contributed by atoms with Gasteiger partial charge < -0.3 is 4.74 Å². The maximum atomic E-state index is 9.19. The Bertz CT molecular complexity index is 395. The topological polar surface area (TPSA) is 33.0 Å². The summed E-state index contributed by atoms with van der Waals surface area (Å²) in [5.74, 6) is 1.04. The van der Waals surface area contributed by atoms with Crippen molar-refractivity contribution in [3.05, 3.63) is 28.8 Å². The van der Waals surface area contributed by atoms with Crippen LogP contribution in [0.2, 0.25) is 5.02 Å². The van der Waals surface area contributed by atoms with Crippen LogP contribution in [0.4, 0.5) is 0 Å². The number of benzene rings is 1. The van der Waals surface area contributed by atoms with Crippen molar-refractivity contribution >= 4 is 11.6 Å². The highest BCUT2D eigenvalue weighted by Gasteiger charge is 2.17. The average Bonchev–Trinajstić information content (AvgIpc) is 2.25. The summed E-state index contributed by atoms with van der Waals surface area (Å²) in [6, 6.07) is 7.71. The second-order valence-corrected chi connectivity index (χ2v) is 4.63. The van der Waals surface area contributed by atoms with Gasteiger partial charge in [0.05, 0.1) is 19.1 Å². The number of nitriles is 1. The van der Waals surface area contributed by atoms with Gasteiger partial charge in [-0.2, -0.15) is 5.26 Å². The first-order valence-corrected chi connectivity index (χ1v) is 5.69. The lowest BCUT2D eigenvalue weighted by Gasteiger charge is -2.15. The molecule has 1 unspecified atom stereocenters. The maximum absolute atomic E-state index is 9.19. The zero-order chi connectivity index (χ0) is 12.1. The van der Waals surface area contributed by atoms with E-state index in [0.29, 0.717) is 10.9 Å². The molecule has 0 fully saturated rings. The van der Waals surface area contributed by atoms with Gasteiger partial charge in [-0.3, -0.25) is 0 Å². The van der Waals surface area contributed by atoms with Crippen LogP contribution >= 0.6 is 11.6 Å². The molecule has 1 atom stereocenters. The summed E-state index contributed by atoms with van der Waals surface area (Å²) in [5.41, 5.74) is 0.881. The number of hydrogen-bond donors (Lipinski definition) is 0. The highest BCUT2D eigenvalue weighted by Crippen LogP contribution is 2.32. The summed E-state index contributed by atoms with van der Waals surface area (Å²) in [6.07, 6.45) is 0.813. The van der Waals surface area contributed by atoms with E-state index in [-0.39, 0.29) is 5.92 Å². The molecule has 2 nitrogen and oxygen atoms in total. The molecule has 1 aromatic rings. The predicted molar refractivity (Wildman–Crippen MR) is 65.8 cm³/mol. The highest BCUT2D eigenvalue weighted by molar-refractivity contribution is 6.30. The third kappa shape index (κ3) is 3.15. The summed E-state index contributed by atoms with van der Waals surface area (Å²) in [5, 5.41) is 9.83. The van der Waals surface area contributed by atoms with Gasteiger partial charge in [-0.1, -0.05) is 25.4 Å². The Hall–Kier alpha value is -1.20. The van der Waals surface area contributed by atoms with Crippen molar-refractivity contribution in [1.29, 1.82) is 5.26 Å². The first-order chi connectivity index (χ1) is 7.58. The van der Waals surface area contributed by atoms with Gasteiger partial charge in [-0.25, -0.2) is 0 Å². The van der Waals surface area contributed by atoms with Gasteiger partial charge in [0.2, 0.25) is 0 Å². The van der Waals surface area contributed by atoms with Crippen LogP contribution in [0.15, 0.2) is 18.2 Å². The van der Waals surface area contributed by atoms with Crippen molar-refractivity contribution in [2.24, 2.45) is 5.92 Å². The molecular formula is C13H16ClNO. The van der Waals surface area contributed by atoms with Crippen molar-refractivity contribution in [2.45, 2.75) is 26.2 Å². The maximum Gasteiger partial charge on any atom is 0.123 e. The Morgan fingerprint density at radius 1 is 1.44 bits per heavy atom. The van der Waals surface area contributed by atoms with Crippen molar-refractivity contribution in [3.63, 3.8) is 0 Å². The van der Waals surface area contributed by atoms with Gasteiger partial charge in [0.1, 0.15) is 5.75 Å². The molecule has 0 aliphatic carbocycles. The van der Waals surface area contributed by atoms with E-state index >= 15 is 0 Å². The lowest BCUT2D eigenvalue weighted by Crippen LogP contribution is -2.03. The van der Waals surface area contributed by atoms with E-state index in [1.165, 1.54) is 0 Å². The quantitative estimate of drug-likeness (QED) is 0.793. The lowest BCUT2D eigenvalue weighted by atomic mass is 9.91. The van der Waals surface area contributed by atoms with Crippen molar-refractivity contribution < 1.29 is 4.74 Å². The summed E-state index contributed by atoms with van der Waals surface area (Å²) >= 11 is 5.95. The van der Waals surface area contributed by atoms with E-state index in [9.17, 15) is 5.26 Å². The zero-order valence-corrected chi connectivity index (χ0v) is 10.6. The Kier molecular flexibility index (Phi) is 4.64. The fourth-order valence-corrected chi connectivity index (χ4v) is 1.88. The average molecular weight is 238 g/mol. The molecule has 1 rings (SSSR count). The van der Waals surface area contributed by atoms with Crippen molar-refractivity contribution in [2.75, 3.05) is 7.11 Å². The van der Waals surface area contributed by atoms with Crippen LogP contribution in [0, 0.1) is 17.2 Å². The molecule has 0 amide bonds. The molecule has 0 radical (unpaired) electrons. The second-order valence-electron chi connectivity index (χ2n) is 4.20. The molecule has 0 heterocycles. The van der Waals surface area contributed by atoms with Gasteiger partial charge >= 0.3 is 0 Å². The number of nitrogens with zero attached hydrogens (tertiary/aromatic N) is 1. The number of ether oxygens (including phenoxy) is 1. The van der Waals surface area contributed by atoms with Crippen LogP contribution in [-0.2, 0) is 0 Å². The molecule has 3 heteroatoms. The van der Waals surface area contributed by atoms with Gasteiger partial charge in [0.25, 0.3) is 0 Å². The molecule has 0 saturated heterocycles. The van der Waals surface area contributed by atoms with Crippen molar-refractivity contribution in [3.8, 4) is 11.8 Å². The van der Waals surface area contributed by atoms with E-state index < -0.39 is 0 Å². The standard InChI is InChI=1S/C13H16ClNO/c1-9(2)6-10(8-15)12-7-11(14)4-5-13(12)16-3/h4-5,7,9-10H,6H2,1-3H3. The van der Waals surface area contributed by atoms with Gasteiger partial charge in [0, 0.05) is 10.6 Å². The van der Waals surface area contributed by atoms with E-state index in [4.69, 9.17) is 16.3 Å². The molecule has 0 aliphatic rings. The first kappa shape index (κ1) is 12.9. The monoisotopic (exact) mass is 237 g/mol. The summed E-state index contributed by atoms with van der Waals surface area (Å²) in [7, 11) is 1.61. The minimum Gasteiger partial charge on any atom is -0.496 e. The van der Waals surface area contributed by atoms with Gasteiger partial charge in [0.15, 0.2) is 0 Å². The molecule has 16 heavy (non-hydrogen) atoms. The van der Waals surface area contributed by atoms with Crippen LogP contribution in [0.5, 0.6) is 5.75 Å². The Morgan fingerprint density at radius 3 is 2.62 bits per heavy atom. The molecular weight excluding hydrogens is 222 g/mol. The number of methoxy groups -OCH3 is 1. The Balaban J connectivity index is 3.08. The largest absolute Gasteiger partial charge is 0.496 e. The normalized spacial score (nSPS) is 12.2. The van der Waals surface area contributed by atoms with Crippen LogP contribution in [-0.4, -0.2) is 7.11 Å². The molecule has 1 aromatic carbocycles. The third-order valence-electron chi connectivity index (χ3n) is 2.43. The minimum absolute atomic E-state index is 0.159. The van der Waals surface area contributed by atoms with Crippen LogP contribution in [0.25, 0.3) is 0 Å². The van der Waals surface area contributed by atoms with Crippen LogP contribution in [0.3, 0.4) is 0 Å². The summed E-state index contributed by atoms with van der Waals surface area (Å²) in [4.78, 5) is 0. The van der Waals surface area contributed by atoms with E-state index in [0.717, 1.165) is 17.7 Å². The summed E-state index contributed by atoms with van der Waals surface area (Å²) in [6.45, 7) is 4.20. The third-order valence-corrected chi connectivity index (χ3v) is 2.67. The molecule has 0 spiro atoms. The molecule has 0 saturated carbocycles. The SMILES string of the molecule is COc1ccc(Cl)cc1C(C#N)CC(C)C. The fourth-order valence-electron chi connectivity index (χ4n) is 1.70. The first-order valence-electron chi connectivity index (χ1n) is 5.31. The molecule has 0 aromatic heterocycles. The number of halogens is 1. The highest BCUT2D eigenvalue weighted by atomic mass is 35.5. The second kappa shape index (κ2) is 5.77. The van der Waals surface area contributed by atoms with Crippen LogP contribution < -0.4 is 4.74 Å². The van der Waals surface area contributed by atoms with Gasteiger partial charge in [-0.05, 0) is 30.5 Å². The zero-order valence-electron chi connectivity index (χ0n) is 9.83. The lowest BCUT2D eigenvalue weighted by molar-refractivity contribution is 0.405. The van der Waals surface area contributed by atoms with E-state index in [1.54, 1.807) is 13.2 Å². The van der Waals surface area contributed by atoms with Crippen LogP contribution in [0.1, 0.15) is 31.7 Å². The Labute approximate surface area is 102 Å². The van der Waals surface area contributed by atoms with E-state index in [2.05, 4.69) is 19.9 Å². The summed E-state index contributed by atoms with van der Waals surface area (Å²) < 4.78 is 5.25. The van der Waals surface area contributed by atoms with Crippen molar-refractivity contribution in [1.82, 2.24) is 0 Å². The molecule has 0 bridgehead atoms. The van der Waals surface area contributed by atoms with E-state index in [1.807, 2.05) is 12.1 Å². The molecule has 0 N–H and O–H groups in total. The smallest absolute Gasteiger partial charge is 0.123 e. The Morgan fingerprint density at radius 2 is 2.12 bits per heavy atom. The fraction of sp³-hybridized carbons (Fsp3) is 0.462. The molecule has 86 valence electrons.